The molecule has 4 fully saturated rings. The van der Waals surface area contributed by atoms with Crippen molar-refractivity contribution in [1.82, 2.24) is 10.2 Å². The minimum absolute atomic E-state index is 0.175. The number of anilines is 1. The first-order chi connectivity index (χ1) is 17.3. The number of ether oxygens (including phenoxy) is 2. The van der Waals surface area contributed by atoms with E-state index >= 15 is 0 Å². The summed E-state index contributed by atoms with van der Waals surface area (Å²) in [7, 11) is 0. The number of carbonyl (C=O) groups excluding carboxylic acids is 1. The number of amides is 1. The van der Waals surface area contributed by atoms with Crippen molar-refractivity contribution in [1.29, 1.82) is 0 Å². The quantitative estimate of drug-likeness (QED) is 0.509. The smallest absolute Gasteiger partial charge is 0.396 e. The van der Waals surface area contributed by atoms with E-state index in [0.29, 0.717) is 11.8 Å². The molecule has 1 aromatic rings. The summed E-state index contributed by atoms with van der Waals surface area (Å²) in [5.74, 6) is -6.11. The van der Waals surface area contributed by atoms with Crippen molar-refractivity contribution in [2.75, 3.05) is 18.4 Å². The SMILES string of the molecule is O=C(Nc1cc(F)c(OC2CC3CC3C2)c(F)c1)C1=C(CC(F)(F)F)OC(N2CC3(C2)CC(F)(F)C3)N1. The van der Waals surface area contributed by atoms with Crippen molar-refractivity contribution in [3.05, 3.63) is 35.2 Å². The molecule has 13 heteroatoms. The number of allylic oxidation sites excluding steroid dienone is 1. The lowest BCUT2D eigenvalue weighted by molar-refractivity contribution is -0.240. The predicted molar refractivity (Wildman–Crippen MR) is 114 cm³/mol. The first-order valence-corrected chi connectivity index (χ1v) is 12.1. The molecule has 1 saturated heterocycles. The number of hydrogen-bond acceptors (Lipinski definition) is 5. The van der Waals surface area contributed by atoms with Crippen LogP contribution in [0.4, 0.5) is 36.4 Å². The molecule has 0 bridgehead atoms. The molecule has 2 aliphatic heterocycles. The number of alkyl halides is 5. The lowest BCUT2D eigenvalue weighted by Gasteiger charge is -2.59. The average molecular weight is 535 g/mol. The molecule has 1 aromatic carbocycles. The van der Waals surface area contributed by atoms with Gasteiger partial charge in [0.1, 0.15) is 17.9 Å². The largest absolute Gasteiger partial charge is 0.484 e. The van der Waals surface area contributed by atoms with Crippen LogP contribution < -0.4 is 15.4 Å². The van der Waals surface area contributed by atoms with Gasteiger partial charge in [-0.25, -0.2) is 22.5 Å². The number of nitrogens with zero attached hydrogens (tertiary/aromatic N) is 1. The second-order valence-electron chi connectivity index (χ2n) is 11.0. The Morgan fingerprint density at radius 1 is 1.11 bits per heavy atom. The minimum atomic E-state index is -4.71. The van der Waals surface area contributed by atoms with E-state index in [4.69, 9.17) is 9.47 Å². The monoisotopic (exact) mass is 535 g/mol. The molecule has 6 nitrogen and oxygen atoms in total. The summed E-state index contributed by atoms with van der Waals surface area (Å²) in [5, 5.41) is 4.76. The van der Waals surface area contributed by atoms with Crippen molar-refractivity contribution < 1.29 is 45.0 Å². The zero-order valence-corrected chi connectivity index (χ0v) is 19.4. The molecule has 0 radical (unpaired) electrons. The van der Waals surface area contributed by atoms with Crippen LogP contribution in [-0.2, 0) is 9.53 Å². The predicted octanol–water partition coefficient (Wildman–Crippen LogP) is 4.88. The fraction of sp³-hybridized carbons (Fsp3) is 0.625. The Kier molecular flexibility index (Phi) is 5.42. The summed E-state index contributed by atoms with van der Waals surface area (Å²) in [6, 6.07) is 1.67. The minimum Gasteiger partial charge on any atom is -0.484 e. The number of likely N-dealkylation sites (tertiary alicyclic amines) is 1. The van der Waals surface area contributed by atoms with E-state index in [1.807, 2.05) is 0 Å². The number of carbonyl (C=O) groups is 1. The molecule has 1 amide bonds. The number of benzene rings is 1. The molecule has 6 rings (SSSR count). The highest BCUT2D eigenvalue weighted by atomic mass is 19.4. The Morgan fingerprint density at radius 3 is 2.30 bits per heavy atom. The van der Waals surface area contributed by atoms with E-state index in [1.165, 1.54) is 4.90 Å². The number of nitrogens with one attached hydrogen (secondary N) is 2. The zero-order chi connectivity index (χ0) is 26.3. The van der Waals surface area contributed by atoms with Crippen LogP contribution in [0, 0.1) is 28.9 Å². The van der Waals surface area contributed by atoms with E-state index in [1.54, 1.807) is 0 Å². The van der Waals surface area contributed by atoms with Crippen molar-refractivity contribution >= 4 is 11.6 Å². The number of halogens is 7. The summed E-state index contributed by atoms with van der Waals surface area (Å²) in [5.41, 5.74) is -1.47. The van der Waals surface area contributed by atoms with Gasteiger partial charge in [-0.15, -0.1) is 0 Å². The van der Waals surface area contributed by atoms with E-state index in [-0.39, 0.29) is 37.7 Å². The average Bonchev–Trinajstić information content (AvgIpc) is 3.14. The van der Waals surface area contributed by atoms with Gasteiger partial charge in [-0.1, -0.05) is 0 Å². The fourth-order valence-corrected chi connectivity index (χ4v) is 6.21. The van der Waals surface area contributed by atoms with E-state index in [9.17, 15) is 35.5 Å². The van der Waals surface area contributed by atoms with E-state index in [2.05, 4.69) is 10.6 Å². The normalized spacial score (nSPS) is 31.2. The van der Waals surface area contributed by atoms with Gasteiger partial charge in [0.2, 0.25) is 12.3 Å². The molecule has 3 atom stereocenters. The highest BCUT2D eigenvalue weighted by Gasteiger charge is 2.63. The highest BCUT2D eigenvalue weighted by molar-refractivity contribution is 6.04. The van der Waals surface area contributed by atoms with Crippen LogP contribution in [-0.4, -0.2) is 48.5 Å². The third kappa shape index (κ3) is 4.82. The summed E-state index contributed by atoms with van der Waals surface area (Å²) < 4.78 is 106. The zero-order valence-electron chi connectivity index (χ0n) is 19.4. The van der Waals surface area contributed by atoms with Gasteiger partial charge < -0.3 is 20.1 Å². The van der Waals surface area contributed by atoms with Crippen LogP contribution in [0.2, 0.25) is 0 Å². The Hall–Kier alpha value is -2.70. The third-order valence-electron chi connectivity index (χ3n) is 7.81. The molecular weight excluding hydrogens is 511 g/mol. The Morgan fingerprint density at radius 2 is 1.73 bits per heavy atom. The maximum Gasteiger partial charge on any atom is 0.396 e. The van der Waals surface area contributed by atoms with Crippen LogP contribution >= 0.6 is 0 Å². The maximum atomic E-state index is 14.6. The molecule has 3 aliphatic carbocycles. The first-order valence-electron chi connectivity index (χ1n) is 12.1. The molecular formula is C24H24F7N3O3. The van der Waals surface area contributed by atoms with Crippen LogP contribution in [0.1, 0.15) is 38.5 Å². The van der Waals surface area contributed by atoms with Crippen molar-refractivity contribution in [3.63, 3.8) is 0 Å². The Bertz CT molecular complexity index is 1120. The van der Waals surface area contributed by atoms with Gasteiger partial charge in [0, 0.05) is 49.2 Å². The van der Waals surface area contributed by atoms with Gasteiger partial charge in [0.05, 0.1) is 6.10 Å². The molecule has 1 spiro atoms. The van der Waals surface area contributed by atoms with Crippen LogP contribution in [0.3, 0.4) is 0 Å². The van der Waals surface area contributed by atoms with Gasteiger partial charge in [-0.2, -0.15) is 13.2 Å². The molecule has 5 aliphatic rings. The van der Waals surface area contributed by atoms with Crippen LogP contribution in [0.15, 0.2) is 23.6 Å². The Labute approximate surface area is 207 Å². The number of fused-ring (bicyclic) bond motifs is 1. The molecule has 202 valence electrons. The fourth-order valence-electron chi connectivity index (χ4n) is 6.21. The summed E-state index contributed by atoms with van der Waals surface area (Å²) in [6.45, 7) is 0.351. The lowest BCUT2D eigenvalue weighted by atomic mass is 9.61. The first kappa shape index (κ1) is 24.6. The second-order valence-corrected chi connectivity index (χ2v) is 11.0. The summed E-state index contributed by atoms with van der Waals surface area (Å²) >= 11 is 0. The molecule has 2 heterocycles. The van der Waals surface area contributed by atoms with Gasteiger partial charge in [-0.3, -0.25) is 4.79 Å². The van der Waals surface area contributed by atoms with Crippen molar-refractivity contribution in [2.45, 2.75) is 63.1 Å². The molecule has 2 N–H and O–H groups in total. The number of rotatable bonds is 6. The third-order valence-corrected chi connectivity index (χ3v) is 7.81. The standard InChI is InChI=1S/C24H24F7N3O3/c25-15-4-13(5-16(26)19(15)36-14-2-11-1-12(11)3-14)32-20(35)18-17(6-24(29,30)31)37-21(33-18)34-9-22(10-34)7-23(27,28)8-22/h4-5,11-12,14,21,33H,1-3,6-10H2,(H,32,35). The van der Waals surface area contributed by atoms with Gasteiger partial charge in [0.25, 0.3) is 5.91 Å². The van der Waals surface area contributed by atoms with E-state index < -0.39 is 65.0 Å². The molecule has 3 saturated carbocycles. The van der Waals surface area contributed by atoms with Gasteiger partial charge in [-0.05, 0) is 31.1 Å². The maximum absolute atomic E-state index is 14.6. The highest BCUT2D eigenvalue weighted by Crippen LogP contribution is 2.57. The lowest BCUT2D eigenvalue weighted by Crippen LogP contribution is -2.69. The van der Waals surface area contributed by atoms with Gasteiger partial charge in [0.15, 0.2) is 17.4 Å². The second kappa shape index (κ2) is 8.15. The molecule has 0 aromatic heterocycles. The van der Waals surface area contributed by atoms with Crippen LogP contribution in [0.5, 0.6) is 5.75 Å². The van der Waals surface area contributed by atoms with E-state index in [0.717, 1.165) is 31.4 Å². The summed E-state index contributed by atoms with van der Waals surface area (Å²) in [4.78, 5) is 14.3. The van der Waals surface area contributed by atoms with Crippen molar-refractivity contribution in [2.24, 2.45) is 17.3 Å². The summed E-state index contributed by atoms with van der Waals surface area (Å²) in [6.07, 6.45) is -5.76. The topological polar surface area (TPSA) is 62.8 Å². The number of hydrogen-bond donors (Lipinski definition) is 2. The van der Waals surface area contributed by atoms with Crippen molar-refractivity contribution in [3.8, 4) is 5.75 Å². The van der Waals surface area contributed by atoms with Gasteiger partial charge >= 0.3 is 6.18 Å². The molecule has 3 unspecified atom stereocenters. The van der Waals surface area contributed by atoms with Crippen LogP contribution in [0.25, 0.3) is 0 Å². The molecule has 37 heavy (non-hydrogen) atoms. The Balaban J connectivity index is 1.12.